The Balaban J connectivity index is 1.48. The smallest absolute Gasteiger partial charge is 0.229 e. The third-order valence-electron chi connectivity index (χ3n) is 6.21. The Morgan fingerprint density at radius 1 is 1.12 bits per heavy atom. The summed E-state index contributed by atoms with van der Waals surface area (Å²) in [5.74, 6) is 1.33. The highest BCUT2D eigenvalue weighted by molar-refractivity contribution is 5.86. The van der Waals surface area contributed by atoms with Crippen LogP contribution in [0.2, 0.25) is 0 Å². The topological polar surface area (TPSA) is 83.7 Å². The molecule has 32 heavy (non-hydrogen) atoms. The number of nitrogens with one attached hydrogen (secondary N) is 1. The summed E-state index contributed by atoms with van der Waals surface area (Å²) in [5.41, 5.74) is 6.99. The van der Waals surface area contributed by atoms with Crippen LogP contribution in [0.25, 0.3) is 11.2 Å². The van der Waals surface area contributed by atoms with Crippen molar-refractivity contribution < 1.29 is 4.74 Å². The first-order chi connectivity index (χ1) is 15.7. The number of piperidine rings is 1. The van der Waals surface area contributed by atoms with Gasteiger partial charge in [0.1, 0.15) is 0 Å². The lowest BCUT2D eigenvalue weighted by atomic mass is 10.1. The number of benzene rings is 1. The first-order valence-electron chi connectivity index (χ1n) is 11.3. The molecule has 1 aromatic carbocycles. The van der Waals surface area contributed by atoms with Crippen LogP contribution in [0.3, 0.4) is 0 Å². The Kier molecular flexibility index (Phi) is 6.00. The second-order valence-corrected chi connectivity index (χ2v) is 8.61. The number of rotatable bonds is 5. The van der Waals surface area contributed by atoms with Gasteiger partial charge in [0.05, 0.1) is 25.8 Å². The van der Waals surface area contributed by atoms with Crippen molar-refractivity contribution in [1.82, 2.24) is 24.4 Å². The van der Waals surface area contributed by atoms with Crippen LogP contribution in [0.4, 0.5) is 11.8 Å². The SMILES string of the molecule is Cc1cccc(C=NNc2nc(N3CCOCC3)nc3c2ncn3C2CCN(C)CC2)c1. The van der Waals surface area contributed by atoms with Crippen molar-refractivity contribution in [3.05, 3.63) is 41.7 Å². The largest absolute Gasteiger partial charge is 0.378 e. The zero-order valence-corrected chi connectivity index (χ0v) is 18.7. The molecule has 9 heteroatoms. The summed E-state index contributed by atoms with van der Waals surface area (Å²) < 4.78 is 7.74. The standard InChI is InChI=1S/C23H30N8O/c1-17-4-3-5-18(14-17)15-25-28-21-20-22(27-23(26-21)30-10-12-32-13-11-30)31(16-24-20)19-6-8-29(2)9-7-19/h3-5,14-16,19H,6-13H2,1-2H3,(H,26,27,28). The lowest BCUT2D eigenvalue weighted by molar-refractivity contribution is 0.122. The van der Waals surface area contributed by atoms with E-state index < -0.39 is 0 Å². The van der Waals surface area contributed by atoms with Crippen molar-refractivity contribution in [3.63, 3.8) is 0 Å². The van der Waals surface area contributed by atoms with E-state index >= 15 is 0 Å². The Morgan fingerprint density at radius 3 is 2.72 bits per heavy atom. The molecule has 5 rings (SSSR count). The molecular weight excluding hydrogens is 404 g/mol. The van der Waals surface area contributed by atoms with Gasteiger partial charge in [-0.1, -0.05) is 29.8 Å². The molecule has 168 valence electrons. The fourth-order valence-corrected chi connectivity index (χ4v) is 4.35. The number of aryl methyl sites for hydroxylation is 1. The average molecular weight is 435 g/mol. The van der Waals surface area contributed by atoms with Crippen LogP contribution in [0, 0.1) is 6.92 Å². The molecule has 0 radical (unpaired) electrons. The summed E-state index contributed by atoms with van der Waals surface area (Å²) in [4.78, 5) is 19.0. The number of anilines is 2. The molecular formula is C23H30N8O. The fraction of sp³-hybridized carbons (Fsp3) is 0.478. The number of ether oxygens (including phenoxy) is 1. The molecule has 2 saturated heterocycles. The number of hydrogen-bond acceptors (Lipinski definition) is 8. The van der Waals surface area contributed by atoms with Crippen molar-refractivity contribution in [3.8, 4) is 0 Å². The maximum atomic E-state index is 5.52. The summed E-state index contributed by atoms with van der Waals surface area (Å²) in [5, 5.41) is 4.46. The minimum atomic E-state index is 0.396. The summed E-state index contributed by atoms with van der Waals surface area (Å²) in [6.45, 7) is 7.16. The molecule has 2 aliphatic rings. The molecule has 2 aliphatic heterocycles. The van der Waals surface area contributed by atoms with Crippen LogP contribution in [0.15, 0.2) is 35.7 Å². The highest BCUT2D eigenvalue weighted by atomic mass is 16.5. The molecule has 9 nitrogen and oxygen atoms in total. The van der Waals surface area contributed by atoms with E-state index in [4.69, 9.17) is 14.7 Å². The lowest BCUT2D eigenvalue weighted by Gasteiger charge is -2.30. The van der Waals surface area contributed by atoms with Crippen molar-refractivity contribution in [2.45, 2.75) is 25.8 Å². The van der Waals surface area contributed by atoms with Crippen LogP contribution in [0.5, 0.6) is 0 Å². The van der Waals surface area contributed by atoms with Crippen LogP contribution in [-0.2, 0) is 4.74 Å². The van der Waals surface area contributed by atoms with E-state index in [1.807, 2.05) is 24.7 Å². The van der Waals surface area contributed by atoms with Gasteiger partial charge >= 0.3 is 0 Å². The monoisotopic (exact) mass is 434 g/mol. The fourth-order valence-electron chi connectivity index (χ4n) is 4.35. The first kappa shape index (κ1) is 20.8. The maximum absolute atomic E-state index is 5.52. The molecule has 3 aromatic rings. The summed E-state index contributed by atoms with van der Waals surface area (Å²) in [6, 6.07) is 8.62. The number of imidazole rings is 1. The van der Waals surface area contributed by atoms with E-state index in [0.717, 1.165) is 55.7 Å². The molecule has 0 bridgehead atoms. The molecule has 2 fully saturated rings. The lowest BCUT2D eigenvalue weighted by Crippen LogP contribution is -2.37. The second-order valence-electron chi connectivity index (χ2n) is 8.61. The molecule has 0 saturated carbocycles. The Hall–Kier alpha value is -3.04. The van der Waals surface area contributed by atoms with Gasteiger partial charge in [0.25, 0.3) is 0 Å². The molecule has 0 amide bonds. The van der Waals surface area contributed by atoms with Gasteiger partial charge in [0.2, 0.25) is 5.95 Å². The van der Waals surface area contributed by atoms with E-state index in [9.17, 15) is 0 Å². The highest BCUT2D eigenvalue weighted by Gasteiger charge is 2.24. The van der Waals surface area contributed by atoms with Gasteiger partial charge in [-0.15, -0.1) is 0 Å². The summed E-state index contributed by atoms with van der Waals surface area (Å²) in [6.07, 6.45) is 5.90. The summed E-state index contributed by atoms with van der Waals surface area (Å²) >= 11 is 0. The van der Waals surface area contributed by atoms with Gasteiger partial charge in [-0.3, -0.25) is 5.43 Å². The zero-order valence-electron chi connectivity index (χ0n) is 18.7. The van der Waals surface area contributed by atoms with E-state index in [1.54, 1.807) is 0 Å². The number of aromatic nitrogens is 4. The normalized spacial score (nSPS) is 18.6. The molecule has 4 heterocycles. The quantitative estimate of drug-likeness (QED) is 0.488. The Bertz CT molecular complexity index is 1100. The van der Waals surface area contributed by atoms with Crippen LogP contribution in [-0.4, -0.2) is 77.1 Å². The van der Waals surface area contributed by atoms with Crippen LogP contribution in [0.1, 0.15) is 30.0 Å². The molecule has 0 aliphatic carbocycles. The van der Waals surface area contributed by atoms with E-state index in [1.165, 1.54) is 5.56 Å². The minimum Gasteiger partial charge on any atom is -0.378 e. The number of nitrogens with zero attached hydrogens (tertiary/aromatic N) is 7. The van der Waals surface area contributed by atoms with E-state index in [2.05, 4.69) is 56.0 Å². The number of likely N-dealkylation sites (tertiary alicyclic amines) is 1. The van der Waals surface area contributed by atoms with Gasteiger partial charge < -0.3 is 19.1 Å². The number of hydrazone groups is 1. The van der Waals surface area contributed by atoms with Crippen LogP contribution >= 0.6 is 0 Å². The third kappa shape index (κ3) is 4.44. The van der Waals surface area contributed by atoms with Crippen molar-refractivity contribution >= 4 is 29.1 Å². The van der Waals surface area contributed by atoms with E-state index in [0.29, 0.717) is 31.0 Å². The average Bonchev–Trinajstić information content (AvgIpc) is 3.24. The number of hydrogen-bond donors (Lipinski definition) is 1. The number of fused-ring (bicyclic) bond motifs is 1. The predicted octanol–water partition coefficient (Wildman–Crippen LogP) is 2.68. The molecule has 2 aromatic heterocycles. The van der Waals surface area contributed by atoms with Gasteiger partial charge in [-0.05, 0) is 45.5 Å². The first-order valence-corrected chi connectivity index (χ1v) is 11.3. The minimum absolute atomic E-state index is 0.396. The number of morpholine rings is 1. The van der Waals surface area contributed by atoms with Crippen molar-refractivity contribution in [2.24, 2.45) is 5.10 Å². The zero-order chi connectivity index (χ0) is 21.9. The maximum Gasteiger partial charge on any atom is 0.229 e. The van der Waals surface area contributed by atoms with Gasteiger partial charge in [0.15, 0.2) is 17.0 Å². The van der Waals surface area contributed by atoms with E-state index in [-0.39, 0.29) is 0 Å². The Labute approximate surface area is 188 Å². The van der Waals surface area contributed by atoms with Gasteiger partial charge in [0, 0.05) is 19.1 Å². The van der Waals surface area contributed by atoms with Crippen molar-refractivity contribution in [1.29, 1.82) is 0 Å². The third-order valence-corrected chi connectivity index (χ3v) is 6.21. The Morgan fingerprint density at radius 2 is 1.94 bits per heavy atom. The molecule has 1 N–H and O–H groups in total. The second kappa shape index (κ2) is 9.22. The van der Waals surface area contributed by atoms with Crippen molar-refractivity contribution in [2.75, 3.05) is 56.8 Å². The molecule has 0 spiro atoms. The molecule has 0 unspecified atom stereocenters. The molecule has 0 atom stereocenters. The van der Waals surface area contributed by atoms with Gasteiger partial charge in [-0.25, -0.2) is 4.98 Å². The van der Waals surface area contributed by atoms with Gasteiger partial charge in [-0.2, -0.15) is 15.1 Å². The predicted molar refractivity (Wildman–Crippen MR) is 127 cm³/mol. The highest BCUT2D eigenvalue weighted by Crippen LogP contribution is 2.29. The van der Waals surface area contributed by atoms with Crippen LogP contribution < -0.4 is 10.3 Å². The summed E-state index contributed by atoms with van der Waals surface area (Å²) in [7, 11) is 2.18.